The summed E-state index contributed by atoms with van der Waals surface area (Å²) in [6, 6.07) is 5.55. The molecule has 1 aromatic carbocycles. The van der Waals surface area contributed by atoms with Gasteiger partial charge >= 0.3 is 0 Å². The van der Waals surface area contributed by atoms with Gasteiger partial charge in [-0.15, -0.1) is 12.6 Å². The maximum Gasteiger partial charge on any atom is 0.255 e. The normalized spacial score (nSPS) is 20.2. The van der Waals surface area contributed by atoms with E-state index in [1.807, 2.05) is 4.90 Å². The predicted octanol–water partition coefficient (Wildman–Crippen LogP) is 3.25. The third-order valence-corrected chi connectivity index (χ3v) is 3.60. The Morgan fingerprint density at radius 1 is 1.56 bits per heavy atom. The summed E-state index contributed by atoms with van der Waals surface area (Å²) in [5.74, 6) is 0.0194. The lowest BCUT2D eigenvalue weighted by Crippen LogP contribution is -2.33. The van der Waals surface area contributed by atoms with Crippen LogP contribution in [0.3, 0.4) is 0 Å². The van der Waals surface area contributed by atoms with E-state index >= 15 is 0 Å². The lowest BCUT2D eigenvalue weighted by molar-refractivity contribution is 0.0747. The lowest BCUT2D eigenvalue weighted by Gasteiger charge is -2.22. The molecule has 0 aliphatic carbocycles. The smallest absolute Gasteiger partial charge is 0.255 e. The summed E-state index contributed by atoms with van der Waals surface area (Å²) in [6.07, 6.45) is 2.15. The second-order valence-corrected chi connectivity index (χ2v) is 5.08. The molecule has 1 fully saturated rings. The average molecular weight is 256 g/mol. The molecule has 86 valence electrons. The van der Waals surface area contributed by atoms with Crippen molar-refractivity contribution in [1.82, 2.24) is 4.90 Å². The van der Waals surface area contributed by atoms with Crippen LogP contribution in [0.5, 0.6) is 0 Å². The van der Waals surface area contributed by atoms with Crippen molar-refractivity contribution in [3.8, 4) is 0 Å². The number of likely N-dealkylation sites (tertiary alicyclic amines) is 1. The van der Waals surface area contributed by atoms with Crippen LogP contribution < -0.4 is 0 Å². The van der Waals surface area contributed by atoms with E-state index in [0.717, 1.165) is 24.3 Å². The van der Waals surface area contributed by atoms with Crippen molar-refractivity contribution in [2.75, 3.05) is 6.54 Å². The Bertz CT molecular complexity index is 421. The number of benzene rings is 1. The first-order valence-corrected chi connectivity index (χ1v) is 6.21. The van der Waals surface area contributed by atoms with Gasteiger partial charge in [-0.25, -0.2) is 0 Å². The maximum atomic E-state index is 12.2. The van der Waals surface area contributed by atoms with Crippen LogP contribution in [0.4, 0.5) is 0 Å². The molecule has 0 radical (unpaired) electrons. The number of hydrogen-bond donors (Lipinski definition) is 1. The van der Waals surface area contributed by atoms with Gasteiger partial charge in [0.05, 0.1) is 10.6 Å². The first-order valence-electron chi connectivity index (χ1n) is 5.39. The molecule has 2 nitrogen and oxygen atoms in total. The van der Waals surface area contributed by atoms with Crippen LogP contribution in [-0.4, -0.2) is 23.4 Å². The van der Waals surface area contributed by atoms with Gasteiger partial charge in [0.25, 0.3) is 5.91 Å². The second kappa shape index (κ2) is 4.68. The van der Waals surface area contributed by atoms with E-state index in [2.05, 4.69) is 19.6 Å². The maximum absolute atomic E-state index is 12.2. The molecular formula is C12H14ClNOS. The van der Waals surface area contributed by atoms with Gasteiger partial charge < -0.3 is 4.90 Å². The Kier molecular flexibility index (Phi) is 3.45. The number of hydrogen-bond acceptors (Lipinski definition) is 2. The summed E-state index contributed by atoms with van der Waals surface area (Å²) in [5, 5.41) is 0.502. The van der Waals surface area contributed by atoms with E-state index in [-0.39, 0.29) is 5.91 Å². The van der Waals surface area contributed by atoms with Crippen molar-refractivity contribution < 1.29 is 4.79 Å². The van der Waals surface area contributed by atoms with Crippen LogP contribution in [0.1, 0.15) is 30.1 Å². The van der Waals surface area contributed by atoms with Gasteiger partial charge in [0.15, 0.2) is 0 Å². The van der Waals surface area contributed by atoms with E-state index < -0.39 is 0 Å². The highest BCUT2D eigenvalue weighted by Gasteiger charge is 2.27. The van der Waals surface area contributed by atoms with Crippen LogP contribution >= 0.6 is 24.2 Å². The first kappa shape index (κ1) is 11.8. The molecule has 1 unspecified atom stereocenters. The zero-order valence-electron chi connectivity index (χ0n) is 9.11. The highest BCUT2D eigenvalue weighted by atomic mass is 35.5. The fraction of sp³-hybridized carbons (Fsp3) is 0.417. The van der Waals surface area contributed by atoms with Crippen LogP contribution in [-0.2, 0) is 0 Å². The molecule has 1 aromatic rings. The van der Waals surface area contributed by atoms with Gasteiger partial charge in [-0.3, -0.25) is 4.79 Å². The van der Waals surface area contributed by atoms with Crippen molar-refractivity contribution in [3.05, 3.63) is 28.8 Å². The first-order chi connectivity index (χ1) is 7.59. The molecule has 0 spiro atoms. The van der Waals surface area contributed by atoms with Crippen molar-refractivity contribution in [3.63, 3.8) is 0 Å². The van der Waals surface area contributed by atoms with Crippen molar-refractivity contribution >= 4 is 30.1 Å². The van der Waals surface area contributed by atoms with E-state index in [1.165, 1.54) is 0 Å². The van der Waals surface area contributed by atoms with Gasteiger partial charge in [0, 0.05) is 17.5 Å². The fourth-order valence-electron chi connectivity index (χ4n) is 2.07. The van der Waals surface area contributed by atoms with E-state index in [9.17, 15) is 4.79 Å². The van der Waals surface area contributed by atoms with Crippen molar-refractivity contribution in [2.45, 2.75) is 30.7 Å². The van der Waals surface area contributed by atoms with E-state index in [4.69, 9.17) is 11.6 Å². The molecule has 16 heavy (non-hydrogen) atoms. The minimum absolute atomic E-state index is 0.0194. The summed E-state index contributed by atoms with van der Waals surface area (Å²) < 4.78 is 0. The number of rotatable bonds is 1. The van der Waals surface area contributed by atoms with Crippen molar-refractivity contribution in [1.29, 1.82) is 0 Å². The molecule has 0 N–H and O–H groups in total. The highest BCUT2D eigenvalue weighted by Crippen LogP contribution is 2.25. The summed E-state index contributed by atoms with van der Waals surface area (Å²) in [6.45, 7) is 2.90. The number of nitrogens with zero attached hydrogens (tertiary/aromatic N) is 1. The number of thiol groups is 1. The van der Waals surface area contributed by atoms with Gasteiger partial charge in [-0.1, -0.05) is 11.6 Å². The Hall–Kier alpha value is -0.670. The molecule has 0 bridgehead atoms. The molecular weight excluding hydrogens is 242 g/mol. The minimum atomic E-state index is 0.0194. The molecule has 0 aromatic heterocycles. The number of carbonyl (C=O) groups excluding carboxylic acids is 1. The Morgan fingerprint density at radius 2 is 2.31 bits per heavy atom. The molecule has 1 aliphatic rings. The fourth-order valence-corrected chi connectivity index (χ4v) is 2.47. The Morgan fingerprint density at radius 3 is 2.94 bits per heavy atom. The van der Waals surface area contributed by atoms with Crippen LogP contribution in [0, 0.1) is 0 Å². The minimum Gasteiger partial charge on any atom is -0.336 e. The van der Waals surface area contributed by atoms with Gasteiger partial charge in [-0.2, -0.15) is 0 Å². The standard InChI is InChI=1S/C12H14ClNOS/c1-8-3-2-6-14(8)12(15)10-7-9(16)4-5-11(10)13/h4-5,7-8,16H,2-3,6H2,1H3. The molecule has 1 atom stereocenters. The summed E-state index contributed by atoms with van der Waals surface area (Å²) >= 11 is 10.3. The highest BCUT2D eigenvalue weighted by molar-refractivity contribution is 7.80. The number of carbonyl (C=O) groups is 1. The molecule has 1 amide bonds. The van der Waals surface area contributed by atoms with Crippen LogP contribution in [0.15, 0.2) is 23.1 Å². The third-order valence-electron chi connectivity index (χ3n) is 2.99. The molecule has 1 saturated heterocycles. The summed E-state index contributed by atoms with van der Waals surface area (Å²) in [7, 11) is 0. The van der Waals surface area contributed by atoms with Gasteiger partial charge in [-0.05, 0) is 38.0 Å². The topological polar surface area (TPSA) is 20.3 Å². The third kappa shape index (κ3) is 2.20. The quantitative estimate of drug-likeness (QED) is 0.764. The number of amides is 1. The van der Waals surface area contributed by atoms with Crippen molar-refractivity contribution in [2.24, 2.45) is 0 Å². The SMILES string of the molecule is CC1CCCN1C(=O)c1cc(S)ccc1Cl. The van der Waals surface area contributed by atoms with E-state index in [0.29, 0.717) is 16.6 Å². The largest absolute Gasteiger partial charge is 0.336 e. The Labute approximate surface area is 106 Å². The predicted molar refractivity (Wildman–Crippen MR) is 68.4 cm³/mol. The van der Waals surface area contributed by atoms with E-state index in [1.54, 1.807) is 18.2 Å². The van der Waals surface area contributed by atoms with Gasteiger partial charge in [0.2, 0.25) is 0 Å². The molecule has 1 heterocycles. The van der Waals surface area contributed by atoms with Crippen LogP contribution in [0.2, 0.25) is 5.02 Å². The molecule has 0 saturated carbocycles. The zero-order chi connectivity index (χ0) is 11.7. The monoisotopic (exact) mass is 255 g/mol. The number of halogens is 1. The second-order valence-electron chi connectivity index (χ2n) is 4.15. The average Bonchev–Trinajstić information content (AvgIpc) is 2.67. The summed E-state index contributed by atoms with van der Waals surface area (Å²) in [5.41, 5.74) is 0.558. The molecule has 4 heteroatoms. The van der Waals surface area contributed by atoms with Gasteiger partial charge in [0.1, 0.15) is 0 Å². The van der Waals surface area contributed by atoms with Crippen LogP contribution in [0.25, 0.3) is 0 Å². The zero-order valence-corrected chi connectivity index (χ0v) is 10.8. The molecule has 1 aliphatic heterocycles. The lowest BCUT2D eigenvalue weighted by atomic mass is 10.2. The Balaban J connectivity index is 2.29. The molecule has 2 rings (SSSR count). The summed E-state index contributed by atoms with van der Waals surface area (Å²) in [4.78, 5) is 14.9.